The van der Waals surface area contributed by atoms with Crippen LogP contribution in [0.2, 0.25) is 0 Å². The zero-order valence-corrected chi connectivity index (χ0v) is 39.0. The normalized spacial score (nSPS) is 19.7. The SMILES string of the molecule is CCCCC/C=C\C/C=C\C/C=C\C/C=C\CCCC(=O)O[C@H](COC(=O)CCC/C=C\C[C@H]1[C@@H](O)CC(=O)[C@@H]1/C=C/[C@@H](O)CCCCC)COP(=O)(O)OCC[N+](C)(C)C. The van der Waals surface area contributed by atoms with Gasteiger partial charge in [-0.25, -0.2) is 4.57 Å². The summed E-state index contributed by atoms with van der Waals surface area (Å²) in [6, 6.07) is 0. The summed E-state index contributed by atoms with van der Waals surface area (Å²) in [5.41, 5.74) is 0. The first kappa shape index (κ1) is 56.1. The van der Waals surface area contributed by atoms with E-state index in [-0.39, 0.29) is 44.2 Å². The second-order valence-corrected chi connectivity index (χ2v) is 18.3. The van der Waals surface area contributed by atoms with E-state index < -0.39 is 50.6 Å². The summed E-state index contributed by atoms with van der Waals surface area (Å²) < 4.78 is 34.2. The van der Waals surface area contributed by atoms with Crippen molar-refractivity contribution in [2.45, 2.75) is 154 Å². The molecule has 0 bridgehead atoms. The average molecular weight is 879 g/mol. The third-order valence-corrected chi connectivity index (χ3v) is 11.1. The van der Waals surface area contributed by atoms with Crippen molar-refractivity contribution < 1.29 is 57.1 Å². The molecule has 6 atom stereocenters. The van der Waals surface area contributed by atoms with Gasteiger partial charge in [0.1, 0.15) is 25.5 Å². The van der Waals surface area contributed by atoms with E-state index in [0.29, 0.717) is 49.6 Å². The van der Waals surface area contributed by atoms with Gasteiger partial charge in [0.15, 0.2) is 6.10 Å². The molecule has 0 aromatic heterocycles. The van der Waals surface area contributed by atoms with Crippen LogP contribution < -0.4 is 0 Å². The van der Waals surface area contributed by atoms with Crippen molar-refractivity contribution in [3.63, 3.8) is 0 Å². The molecule has 0 aromatic carbocycles. The van der Waals surface area contributed by atoms with Gasteiger partial charge in [-0.3, -0.25) is 23.4 Å². The topological polar surface area (TPSA) is 166 Å². The first-order valence-corrected chi connectivity index (χ1v) is 24.3. The molecule has 0 aromatic rings. The van der Waals surface area contributed by atoms with Crippen molar-refractivity contribution in [2.24, 2.45) is 11.8 Å². The predicted molar refractivity (Wildman–Crippen MR) is 243 cm³/mol. The number of ketones is 1. The molecule has 0 amide bonds. The quantitative estimate of drug-likeness (QED) is 0.0180. The van der Waals surface area contributed by atoms with Crippen LogP contribution in [0.1, 0.15) is 136 Å². The molecule has 1 unspecified atom stereocenters. The lowest BCUT2D eigenvalue weighted by Crippen LogP contribution is -2.37. The van der Waals surface area contributed by atoms with Crippen LogP contribution >= 0.6 is 7.82 Å². The van der Waals surface area contributed by atoms with Crippen molar-refractivity contribution in [1.82, 2.24) is 0 Å². The summed E-state index contributed by atoms with van der Waals surface area (Å²) in [5, 5.41) is 20.7. The molecule has 61 heavy (non-hydrogen) atoms. The number of Topliss-reactive ketones (excluding diaryl/α,β-unsaturated/α-hetero) is 1. The summed E-state index contributed by atoms with van der Waals surface area (Å²) in [6.45, 7) is 3.90. The van der Waals surface area contributed by atoms with Crippen molar-refractivity contribution in [1.29, 1.82) is 0 Å². The van der Waals surface area contributed by atoms with E-state index in [1.807, 2.05) is 45.4 Å². The highest BCUT2D eigenvalue weighted by atomic mass is 31.2. The maximum Gasteiger partial charge on any atom is 0.472 e. The standard InChI is InChI=1S/C48H80NO11P/c1-6-8-10-11-12-13-14-15-16-17-18-19-20-21-22-23-29-33-48(54)60-42(40-59-61(55,56)58-37-36-49(3,4)5)39-57-47(53)32-28-25-24-27-31-43-44(46(52)38-45(43)51)35-34-41(50)30-26-9-7-2/h12-13,15-16,18-19,21-22,24,27,34-35,41-45,50-51H,6-11,14,17,20,23,25-26,28-33,36-40H2,1-5H3/p+1/b13-12-,16-15-,19-18-,22-21-,27-24-,35-34+/t41-,42+,43+,44+,45-/m0/s1. The van der Waals surface area contributed by atoms with Crippen molar-refractivity contribution in [3.05, 3.63) is 72.9 Å². The number of likely N-dealkylation sites (N-methyl/N-ethyl adjacent to an activating group) is 1. The van der Waals surface area contributed by atoms with Crippen LogP contribution in [0.3, 0.4) is 0 Å². The van der Waals surface area contributed by atoms with E-state index in [9.17, 15) is 34.1 Å². The van der Waals surface area contributed by atoms with Crippen LogP contribution in [-0.2, 0) is 37.5 Å². The van der Waals surface area contributed by atoms with E-state index in [2.05, 4.69) is 50.3 Å². The number of aliphatic hydroxyl groups is 2. The Labute approximate surface area is 368 Å². The molecule has 3 N–H and O–H groups in total. The molecule has 0 aliphatic heterocycles. The van der Waals surface area contributed by atoms with Gasteiger partial charge in [0.05, 0.1) is 40.0 Å². The first-order valence-electron chi connectivity index (χ1n) is 22.8. The van der Waals surface area contributed by atoms with Gasteiger partial charge in [-0.1, -0.05) is 119 Å². The molecular formula is C48H81NO11P+. The molecule has 0 heterocycles. The molecule has 12 nitrogen and oxygen atoms in total. The first-order chi connectivity index (χ1) is 29.2. The number of hydrogen-bond acceptors (Lipinski definition) is 10. The molecule has 0 spiro atoms. The van der Waals surface area contributed by atoms with E-state index in [4.69, 9.17) is 18.5 Å². The Morgan fingerprint density at radius 3 is 1.93 bits per heavy atom. The van der Waals surface area contributed by atoms with Crippen LogP contribution in [0.5, 0.6) is 0 Å². The average Bonchev–Trinajstić information content (AvgIpc) is 3.47. The van der Waals surface area contributed by atoms with Crippen molar-refractivity contribution in [3.8, 4) is 0 Å². The lowest BCUT2D eigenvalue weighted by molar-refractivity contribution is -0.870. The highest BCUT2D eigenvalue weighted by molar-refractivity contribution is 7.47. The second-order valence-electron chi connectivity index (χ2n) is 16.9. The summed E-state index contributed by atoms with van der Waals surface area (Å²) >= 11 is 0. The summed E-state index contributed by atoms with van der Waals surface area (Å²) in [5.74, 6) is -1.82. The molecule has 348 valence electrons. The van der Waals surface area contributed by atoms with E-state index in [0.717, 1.165) is 44.9 Å². The lowest BCUT2D eigenvalue weighted by atomic mass is 9.90. The molecule has 1 rings (SSSR count). The number of ether oxygens (including phenoxy) is 2. The molecular weight excluding hydrogens is 797 g/mol. The maximum atomic E-state index is 12.7. The van der Waals surface area contributed by atoms with Crippen LogP contribution in [0.15, 0.2) is 72.9 Å². The minimum absolute atomic E-state index is 0.0248. The number of nitrogens with zero attached hydrogens (tertiary/aromatic N) is 1. The summed E-state index contributed by atoms with van der Waals surface area (Å²) in [6.07, 6.45) is 36.1. The van der Waals surface area contributed by atoms with E-state index >= 15 is 0 Å². The van der Waals surface area contributed by atoms with Crippen molar-refractivity contribution in [2.75, 3.05) is 47.5 Å². The van der Waals surface area contributed by atoms with Gasteiger partial charge in [-0.2, -0.15) is 0 Å². The number of rotatable bonds is 36. The molecule has 1 saturated carbocycles. The lowest BCUT2D eigenvalue weighted by Gasteiger charge is -2.24. The largest absolute Gasteiger partial charge is 0.472 e. The van der Waals surface area contributed by atoms with Crippen LogP contribution in [0, 0.1) is 11.8 Å². The van der Waals surface area contributed by atoms with Gasteiger partial charge in [0.25, 0.3) is 0 Å². The molecule has 1 aliphatic carbocycles. The van der Waals surface area contributed by atoms with Crippen LogP contribution in [0.4, 0.5) is 0 Å². The Bertz CT molecular complexity index is 1430. The minimum Gasteiger partial charge on any atom is -0.462 e. The Balaban J connectivity index is 2.54. The van der Waals surface area contributed by atoms with Gasteiger partial charge >= 0.3 is 19.8 Å². The Morgan fingerprint density at radius 2 is 1.33 bits per heavy atom. The smallest absolute Gasteiger partial charge is 0.462 e. The Hall–Kier alpha value is -2.96. The molecule has 1 aliphatic rings. The molecule has 1 fully saturated rings. The van der Waals surface area contributed by atoms with Gasteiger partial charge in [0, 0.05) is 31.1 Å². The number of carbonyl (C=O) groups excluding carboxylic acids is 3. The number of quaternary nitrogens is 1. The van der Waals surface area contributed by atoms with Gasteiger partial charge in [0.2, 0.25) is 0 Å². The Kier molecular flexibility index (Phi) is 31.7. The number of esters is 2. The predicted octanol–water partition coefficient (Wildman–Crippen LogP) is 9.61. The number of phosphoric ester groups is 1. The zero-order valence-electron chi connectivity index (χ0n) is 38.1. The third kappa shape index (κ3) is 31.5. The summed E-state index contributed by atoms with van der Waals surface area (Å²) in [4.78, 5) is 48.1. The van der Waals surface area contributed by atoms with Crippen LogP contribution in [0.25, 0.3) is 0 Å². The molecule has 0 saturated heterocycles. The fraction of sp³-hybridized carbons (Fsp3) is 0.688. The third-order valence-electron chi connectivity index (χ3n) is 10.1. The number of aliphatic hydroxyl groups excluding tert-OH is 2. The van der Waals surface area contributed by atoms with Crippen molar-refractivity contribution >= 4 is 25.5 Å². The fourth-order valence-corrected chi connectivity index (χ4v) is 7.14. The number of unbranched alkanes of at least 4 members (excludes halogenated alkanes) is 7. The van der Waals surface area contributed by atoms with Gasteiger partial charge in [-0.05, 0) is 70.6 Å². The zero-order chi connectivity index (χ0) is 45.2. The highest BCUT2D eigenvalue weighted by Crippen LogP contribution is 2.43. The number of hydrogen-bond donors (Lipinski definition) is 3. The molecule has 0 radical (unpaired) electrons. The highest BCUT2D eigenvalue weighted by Gasteiger charge is 2.39. The minimum atomic E-state index is -4.46. The second kappa shape index (κ2) is 34.5. The molecule has 13 heteroatoms. The number of phosphoric acid groups is 1. The van der Waals surface area contributed by atoms with E-state index in [1.54, 1.807) is 12.2 Å². The number of carbonyl (C=O) groups is 3. The van der Waals surface area contributed by atoms with E-state index in [1.165, 1.54) is 19.3 Å². The van der Waals surface area contributed by atoms with Gasteiger partial charge < -0.3 is 29.1 Å². The maximum absolute atomic E-state index is 12.7. The van der Waals surface area contributed by atoms with Gasteiger partial charge in [-0.15, -0.1) is 0 Å². The Morgan fingerprint density at radius 1 is 0.770 bits per heavy atom. The number of allylic oxidation sites excluding steroid dienone is 11. The summed E-state index contributed by atoms with van der Waals surface area (Å²) in [7, 11) is 1.28. The van der Waals surface area contributed by atoms with Crippen LogP contribution in [-0.4, -0.2) is 103 Å². The fourth-order valence-electron chi connectivity index (χ4n) is 6.40. The monoisotopic (exact) mass is 879 g/mol.